The Morgan fingerprint density at radius 3 is 2.26 bits per heavy atom. The maximum absolute atomic E-state index is 5.70. The number of unbranched alkanes of at least 4 members (excludes halogenated alkanes) is 2. The molecular weight excluding hydrogens is 280 g/mol. The van der Waals surface area contributed by atoms with Crippen molar-refractivity contribution >= 4 is 10.8 Å². The molecule has 2 rings (SSSR count). The van der Waals surface area contributed by atoms with Gasteiger partial charge in [-0.05, 0) is 48.9 Å². The SMILES string of the molecule is CCC.CCC(C)OCCCCCc1ccc2ccccc2c1. The first kappa shape index (κ1) is 19.7. The number of benzene rings is 2. The smallest absolute Gasteiger partial charge is 0.0544 e. The molecule has 1 atom stereocenters. The Balaban J connectivity index is 0.000000816. The van der Waals surface area contributed by atoms with Crippen molar-refractivity contribution in [2.45, 2.75) is 72.3 Å². The van der Waals surface area contributed by atoms with Gasteiger partial charge in [-0.2, -0.15) is 0 Å². The second-order valence-electron chi connectivity index (χ2n) is 6.29. The molecule has 1 nitrogen and oxygen atoms in total. The molecule has 128 valence electrons. The predicted octanol–water partition coefficient (Wildman–Crippen LogP) is 6.78. The van der Waals surface area contributed by atoms with Crippen molar-refractivity contribution < 1.29 is 4.74 Å². The third-order valence-electron chi connectivity index (χ3n) is 3.90. The second kappa shape index (κ2) is 12.1. The van der Waals surface area contributed by atoms with E-state index in [1.54, 1.807) is 0 Å². The molecule has 1 unspecified atom stereocenters. The summed E-state index contributed by atoms with van der Waals surface area (Å²) < 4.78 is 5.70. The summed E-state index contributed by atoms with van der Waals surface area (Å²) in [5.74, 6) is 0. The first-order chi connectivity index (χ1) is 11.2. The van der Waals surface area contributed by atoms with Crippen LogP contribution in [0.2, 0.25) is 0 Å². The average Bonchev–Trinajstić information content (AvgIpc) is 2.58. The van der Waals surface area contributed by atoms with E-state index in [4.69, 9.17) is 4.74 Å². The van der Waals surface area contributed by atoms with Gasteiger partial charge in [-0.1, -0.05) is 76.1 Å². The molecule has 0 aromatic heterocycles. The fourth-order valence-electron chi connectivity index (χ4n) is 2.40. The predicted molar refractivity (Wildman–Crippen MR) is 103 cm³/mol. The van der Waals surface area contributed by atoms with Crippen LogP contribution in [-0.4, -0.2) is 12.7 Å². The summed E-state index contributed by atoms with van der Waals surface area (Å²) >= 11 is 0. The fourth-order valence-corrected chi connectivity index (χ4v) is 2.40. The molecule has 0 saturated heterocycles. The summed E-state index contributed by atoms with van der Waals surface area (Å²) in [5.41, 5.74) is 1.45. The normalized spacial score (nSPS) is 11.8. The highest BCUT2D eigenvalue weighted by Gasteiger charge is 1.99. The van der Waals surface area contributed by atoms with Crippen molar-refractivity contribution in [3.8, 4) is 0 Å². The average molecular weight is 315 g/mol. The zero-order valence-electron chi connectivity index (χ0n) is 15.5. The summed E-state index contributed by atoms with van der Waals surface area (Å²) in [6, 6.07) is 15.4. The number of fused-ring (bicyclic) bond motifs is 1. The molecule has 2 aromatic carbocycles. The van der Waals surface area contributed by atoms with E-state index >= 15 is 0 Å². The van der Waals surface area contributed by atoms with Crippen LogP contribution in [0.3, 0.4) is 0 Å². The summed E-state index contributed by atoms with van der Waals surface area (Å²) in [6.45, 7) is 9.48. The highest BCUT2D eigenvalue weighted by atomic mass is 16.5. The Morgan fingerprint density at radius 1 is 0.870 bits per heavy atom. The molecule has 0 heterocycles. The molecule has 0 aliphatic carbocycles. The zero-order chi connectivity index (χ0) is 16.9. The first-order valence-electron chi connectivity index (χ1n) is 9.30. The van der Waals surface area contributed by atoms with E-state index in [0.29, 0.717) is 6.10 Å². The van der Waals surface area contributed by atoms with Crippen molar-refractivity contribution in [3.05, 3.63) is 48.0 Å². The van der Waals surface area contributed by atoms with Crippen LogP contribution < -0.4 is 0 Å². The molecule has 0 fully saturated rings. The Labute approximate surface area is 143 Å². The summed E-state index contributed by atoms with van der Waals surface area (Å²) in [5, 5.41) is 2.68. The molecule has 0 spiro atoms. The van der Waals surface area contributed by atoms with Crippen molar-refractivity contribution in [2.24, 2.45) is 0 Å². The quantitative estimate of drug-likeness (QED) is 0.488. The minimum Gasteiger partial charge on any atom is -0.379 e. The van der Waals surface area contributed by atoms with Crippen LogP contribution in [-0.2, 0) is 11.2 Å². The molecule has 0 aliphatic rings. The molecule has 0 saturated carbocycles. The van der Waals surface area contributed by atoms with Crippen LogP contribution in [0.4, 0.5) is 0 Å². The van der Waals surface area contributed by atoms with Gasteiger partial charge in [-0.25, -0.2) is 0 Å². The van der Waals surface area contributed by atoms with Gasteiger partial charge in [0, 0.05) is 6.61 Å². The largest absolute Gasteiger partial charge is 0.379 e. The van der Waals surface area contributed by atoms with E-state index in [1.807, 2.05) is 0 Å². The monoisotopic (exact) mass is 314 g/mol. The van der Waals surface area contributed by atoms with E-state index in [2.05, 4.69) is 70.2 Å². The Kier molecular flexibility index (Phi) is 10.4. The van der Waals surface area contributed by atoms with Crippen LogP contribution >= 0.6 is 0 Å². The van der Waals surface area contributed by atoms with Gasteiger partial charge >= 0.3 is 0 Å². The number of aryl methyl sites for hydroxylation is 1. The van der Waals surface area contributed by atoms with E-state index in [9.17, 15) is 0 Å². The molecule has 0 N–H and O–H groups in total. The van der Waals surface area contributed by atoms with Crippen LogP contribution in [0.5, 0.6) is 0 Å². The van der Waals surface area contributed by atoms with Crippen LogP contribution in [0.25, 0.3) is 10.8 Å². The minimum absolute atomic E-state index is 0.412. The number of rotatable bonds is 8. The molecule has 1 heteroatoms. The molecule has 0 amide bonds. The van der Waals surface area contributed by atoms with E-state index in [-0.39, 0.29) is 0 Å². The van der Waals surface area contributed by atoms with Gasteiger partial charge in [-0.3, -0.25) is 0 Å². The third kappa shape index (κ3) is 8.18. The van der Waals surface area contributed by atoms with Crippen molar-refractivity contribution in [2.75, 3.05) is 6.61 Å². The summed E-state index contributed by atoms with van der Waals surface area (Å²) in [6.07, 6.45) is 7.63. The van der Waals surface area contributed by atoms with E-state index < -0.39 is 0 Å². The third-order valence-corrected chi connectivity index (χ3v) is 3.90. The zero-order valence-corrected chi connectivity index (χ0v) is 15.5. The summed E-state index contributed by atoms with van der Waals surface area (Å²) in [4.78, 5) is 0. The molecule has 0 radical (unpaired) electrons. The number of hydrogen-bond acceptors (Lipinski definition) is 1. The lowest BCUT2D eigenvalue weighted by Crippen LogP contribution is -2.07. The van der Waals surface area contributed by atoms with Gasteiger partial charge < -0.3 is 4.74 Å². The van der Waals surface area contributed by atoms with Gasteiger partial charge in [0.15, 0.2) is 0 Å². The molecule has 0 aliphatic heterocycles. The molecule has 23 heavy (non-hydrogen) atoms. The first-order valence-corrected chi connectivity index (χ1v) is 9.30. The summed E-state index contributed by atoms with van der Waals surface area (Å²) in [7, 11) is 0. The Bertz CT molecular complexity index is 532. The lowest BCUT2D eigenvalue weighted by atomic mass is 10.0. The fraction of sp³-hybridized carbons (Fsp3) is 0.545. The van der Waals surface area contributed by atoms with Crippen molar-refractivity contribution in [1.29, 1.82) is 0 Å². The highest BCUT2D eigenvalue weighted by Crippen LogP contribution is 2.17. The number of hydrogen-bond donors (Lipinski definition) is 0. The molecular formula is C22H34O. The maximum Gasteiger partial charge on any atom is 0.0544 e. The van der Waals surface area contributed by atoms with E-state index in [1.165, 1.54) is 48.4 Å². The topological polar surface area (TPSA) is 9.23 Å². The standard InChI is InChI=1S/C19H26O.C3H8/c1-3-16(2)20-14-8-4-5-9-17-12-13-18-10-6-7-11-19(18)15-17;1-3-2/h6-7,10-13,15-16H,3-5,8-9,14H2,1-2H3;3H2,1-2H3. The molecule has 2 aromatic rings. The minimum atomic E-state index is 0.412. The van der Waals surface area contributed by atoms with Gasteiger partial charge in [-0.15, -0.1) is 0 Å². The van der Waals surface area contributed by atoms with Gasteiger partial charge in [0.05, 0.1) is 6.10 Å². The van der Waals surface area contributed by atoms with Gasteiger partial charge in [0.1, 0.15) is 0 Å². The maximum atomic E-state index is 5.70. The highest BCUT2D eigenvalue weighted by molar-refractivity contribution is 5.82. The molecule has 0 bridgehead atoms. The Morgan fingerprint density at radius 2 is 1.57 bits per heavy atom. The van der Waals surface area contributed by atoms with Crippen molar-refractivity contribution in [1.82, 2.24) is 0 Å². The number of ether oxygens (including phenoxy) is 1. The second-order valence-corrected chi connectivity index (χ2v) is 6.29. The van der Waals surface area contributed by atoms with Crippen LogP contribution in [0, 0.1) is 0 Å². The van der Waals surface area contributed by atoms with E-state index in [0.717, 1.165) is 13.0 Å². The Hall–Kier alpha value is -1.34. The lowest BCUT2D eigenvalue weighted by molar-refractivity contribution is 0.0609. The van der Waals surface area contributed by atoms with Crippen LogP contribution in [0.1, 0.15) is 65.4 Å². The van der Waals surface area contributed by atoms with Gasteiger partial charge in [0.25, 0.3) is 0 Å². The lowest BCUT2D eigenvalue weighted by Gasteiger charge is -2.10. The van der Waals surface area contributed by atoms with Gasteiger partial charge in [0.2, 0.25) is 0 Å². The van der Waals surface area contributed by atoms with Crippen LogP contribution in [0.15, 0.2) is 42.5 Å². The van der Waals surface area contributed by atoms with Crippen molar-refractivity contribution in [3.63, 3.8) is 0 Å².